The third kappa shape index (κ3) is 5.70. The van der Waals surface area contributed by atoms with Gasteiger partial charge in [-0.25, -0.2) is 0 Å². The Bertz CT molecular complexity index is 3360. The first-order valence-corrected chi connectivity index (χ1v) is 23.3. The Morgan fingerprint density at radius 3 is 1.40 bits per heavy atom. The molecule has 0 radical (unpaired) electrons. The van der Waals surface area contributed by atoms with E-state index in [2.05, 4.69) is 249 Å². The fourth-order valence-electron chi connectivity index (χ4n) is 11.3. The SMILES string of the molecule is C=C/C=C\c1sc2c(N(c3ccc(C4(c5ccccc5)c5ccccc5-c5ccccc54)cc3)c3ccc4c(c3)C(c3ccccc3)(c3ccccc3)c3ccccc3-4)cccc2c1C. The van der Waals surface area contributed by atoms with Crippen LogP contribution < -0.4 is 4.90 Å². The molecule has 0 spiro atoms. The van der Waals surface area contributed by atoms with Crippen molar-refractivity contribution in [3.8, 4) is 22.3 Å². The van der Waals surface area contributed by atoms with Crippen LogP contribution in [0.15, 0.2) is 243 Å². The molecule has 0 atom stereocenters. The first kappa shape index (κ1) is 38.9. The maximum absolute atomic E-state index is 3.98. The monoisotopic (exact) mass is 847 g/mol. The normalized spacial score (nSPS) is 13.9. The van der Waals surface area contributed by atoms with Gasteiger partial charge >= 0.3 is 0 Å². The van der Waals surface area contributed by atoms with E-state index in [1.54, 1.807) is 0 Å². The third-order valence-corrected chi connectivity index (χ3v) is 15.3. The van der Waals surface area contributed by atoms with Gasteiger partial charge in [-0.15, -0.1) is 11.3 Å². The molecule has 2 aliphatic rings. The molecule has 9 aromatic carbocycles. The zero-order valence-electron chi connectivity index (χ0n) is 36.2. The van der Waals surface area contributed by atoms with Gasteiger partial charge in [0, 0.05) is 16.3 Å². The second-order valence-electron chi connectivity index (χ2n) is 17.2. The number of benzene rings is 9. The van der Waals surface area contributed by atoms with Crippen molar-refractivity contribution in [2.24, 2.45) is 0 Å². The zero-order chi connectivity index (χ0) is 43.5. The smallest absolute Gasteiger partial charge is 0.0714 e. The molecule has 0 bridgehead atoms. The van der Waals surface area contributed by atoms with Crippen LogP contribution in [-0.4, -0.2) is 0 Å². The summed E-state index contributed by atoms with van der Waals surface area (Å²) in [6.45, 7) is 6.22. The molecule has 0 unspecified atom stereocenters. The minimum Gasteiger partial charge on any atom is -0.309 e. The molecule has 1 aromatic heterocycles. The van der Waals surface area contributed by atoms with Crippen LogP contribution in [0.2, 0.25) is 0 Å². The van der Waals surface area contributed by atoms with Crippen LogP contribution in [0.5, 0.6) is 0 Å². The molecule has 12 rings (SSSR count). The molecule has 65 heavy (non-hydrogen) atoms. The molecule has 308 valence electrons. The van der Waals surface area contributed by atoms with Gasteiger partial charge in [-0.3, -0.25) is 0 Å². The summed E-state index contributed by atoms with van der Waals surface area (Å²) in [5.74, 6) is 0. The molecule has 0 aliphatic heterocycles. The fourth-order valence-corrected chi connectivity index (χ4v) is 12.5. The molecule has 0 saturated carbocycles. The molecule has 0 fully saturated rings. The summed E-state index contributed by atoms with van der Waals surface area (Å²) in [5, 5.41) is 1.26. The van der Waals surface area contributed by atoms with Crippen molar-refractivity contribution in [3.63, 3.8) is 0 Å². The predicted octanol–water partition coefficient (Wildman–Crippen LogP) is 16.6. The second-order valence-corrected chi connectivity index (χ2v) is 18.2. The van der Waals surface area contributed by atoms with Crippen LogP contribution >= 0.6 is 11.3 Å². The van der Waals surface area contributed by atoms with E-state index in [9.17, 15) is 0 Å². The van der Waals surface area contributed by atoms with Crippen LogP contribution in [0, 0.1) is 6.92 Å². The third-order valence-electron chi connectivity index (χ3n) is 14.0. The topological polar surface area (TPSA) is 3.24 Å². The fraction of sp³-hybridized carbons (Fsp3) is 0.0476. The van der Waals surface area contributed by atoms with Crippen molar-refractivity contribution in [3.05, 3.63) is 298 Å². The number of fused-ring (bicyclic) bond motifs is 7. The van der Waals surface area contributed by atoms with Gasteiger partial charge in [-0.2, -0.15) is 0 Å². The van der Waals surface area contributed by atoms with Gasteiger partial charge in [0.05, 0.1) is 21.2 Å². The van der Waals surface area contributed by atoms with Crippen LogP contribution in [0.4, 0.5) is 17.1 Å². The Hall–Kier alpha value is -7.78. The van der Waals surface area contributed by atoms with Crippen molar-refractivity contribution in [1.29, 1.82) is 0 Å². The highest BCUT2D eigenvalue weighted by molar-refractivity contribution is 7.20. The molecular formula is C63H45NS. The second kappa shape index (κ2) is 15.5. The Morgan fingerprint density at radius 1 is 0.431 bits per heavy atom. The molecule has 10 aromatic rings. The summed E-state index contributed by atoms with van der Waals surface area (Å²) in [4.78, 5) is 3.74. The number of anilines is 3. The lowest BCUT2D eigenvalue weighted by atomic mass is 9.67. The van der Waals surface area contributed by atoms with Crippen LogP contribution in [-0.2, 0) is 10.8 Å². The Kier molecular flexibility index (Phi) is 9.26. The van der Waals surface area contributed by atoms with Crippen molar-refractivity contribution in [2.75, 3.05) is 4.90 Å². The van der Waals surface area contributed by atoms with E-state index in [1.165, 1.54) is 87.3 Å². The molecule has 1 heterocycles. The van der Waals surface area contributed by atoms with Gasteiger partial charge < -0.3 is 4.90 Å². The Balaban J connectivity index is 1.12. The van der Waals surface area contributed by atoms with E-state index in [1.807, 2.05) is 23.5 Å². The average molecular weight is 848 g/mol. The first-order valence-electron chi connectivity index (χ1n) is 22.5. The molecule has 2 heteroatoms. The largest absolute Gasteiger partial charge is 0.309 e. The van der Waals surface area contributed by atoms with Gasteiger partial charge in [0.1, 0.15) is 0 Å². The molecule has 2 aliphatic carbocycles. The minimum absolute atomic E-state index is 0.487. The van der Waals surface area contributed by atoms with Crippen molar-refractivity contribution < 1.29 is 0 Å². The Morgan fingerprint density at radius 2 is 0.877 bits per heavy atom. The van der Waals surface area contributed by atoms with Crippen molar-refractivity contribution in [1.82, 2.24) is 0 Å². The van der Waals surface area contributed by atoms with E-state index >= 15 is 0 Å². The highest BCUT2D eigenvalue weighted by Crippen LogP contribution is 2.59. The average Bonchev–Trinajstić information content (AvgIpc) is 3.98. The quantitative estimate of drug-likeness (QED) is 0.131. The standard InChI is InChI=1S/C63H45NS/c1-3-4-35-60-43(2)50-30-20-34-59(61(50)65-60)64(48-38-36-47(37-39-48)62(44-21-8-5-9-22-44)55-31-17-14-27-51(55)52-28-15-18-32-56(52)62)49-40-41-54-53-29-16-19-33-57(53)63(58(54)42-49,45-23-10-6-11-24-45)46-25-12-7-13-26-46/h3-42H,1H2,2H3/b35-4-. The van der Waals surface area contributed by atoms with Crippen LogP contribution in [0.1, 0.15) is 54.9 Å². The summed E-state index contributed by atoms with van der Waals surface area (Å²) < 4.78 is 1.25. The summed E-state index contributed by atoms with van der Waals surface area (Å²) in [6, 6.07) is 83.7. The number of nitrogens with zero attached hydrogens (tertiary/aromatic N) is 1. The molecule has 1 nitrogen and oxygen atoms in total. The van der Waals surface area contributed by atoms with Gasteiger partial charge in [-0.1, -0.05) is 213 Å². The summed E-state index contributed by atoms with van der Waals surface area (Å²) in [6.07, 6.45) is 6.09. The lowest BCUT2D eigenvalue weighted by Gasteiger charge is -2.35. The molecule has 0 amide bonds. The summed E-state index contributed by atoms with van der Waals surface area (Å²) >= 11 is 1.85. The number of hydrogen-bond donors (Lipinski definition) is 0. The van der Waals surface area contributed by atoms with E-state index < -0.39 is 10.8 Å². The summed E-state index contributed by atoms with van der Waals surface area (Å²) in [5.41, 5.74) is 18.9. The lowest BCUT2D eigenvalue weighted by molar-refractivity contribution is 0.768. The molecular weight excluding hydrogens is 803 g/mol. The lowest BCUT2D eigenvalue weighted by Crippen LogP contribution is -2.29. The predicted molar refractivity (Wildman–Crippen MR) is 275 cm³/mol. The summed E-state index contributed by atoms with van der Waals surface area (Å²) in [7, 11) is 0. The highest BCUT2D eigenvalue weighted by Gasteiger charge is 2.47. The van der Waals surface area contributed by atoms with Gasteiger partial charge in [0.15, 0.2) is 0 Å². The van der Waals surface area contributed by atoms with Gasteiger partial charge in [-0.05, 0) is 121 Å². The van der Waals surface area contributed by atoms with Crippen molar-refractivity contribution >= 4 is 44.6 Å². The number of allylic oxidation sites excluding steroid dienone is 2. The maximum atomic E-state index is 3.98. The minimum atomic E-state index is -0.528. The highest BCUT2D eigenvalue weighted by atomic mass is 32.1. The number of aryl methyl sites for hydroxylation is 1. The Labute approximate surface area is 385 Å². The number of hydrogen-bond acceptors (Lipinski definition) is 2. The van der Waals surface area contributed by atoms with Crippen LogP contribution in [0.3, 0.4) is 0 Å². The molecule has 0 N–H and O–H groups in total. The first-order chi connectivity index (χ1) is 32.1. The van der Waals surface area contributed by atoms with Crippen molar-refractivity contribution in [2.45, 2.75) is 17.8 Å². The van der Waals surface area contributed by atoms with E-state index in [4.69, 9.17) is 0 Å². The number of thiophene rings is 1. The van der Waals surface area contributed by atoms with E-state index in [0.29, 0.717) is 0 Å². The van der Waals surface area contributed by atoms with Gasteiger partial charge in [0.2, 0.25) is 0 Å². The number of rotatable bonds is 9. The van der Waals surface area contributed by atoms with Gasteiger partial charge in [0.25, 0.3) is 0 Å². The molecule has 0 saturated heterocycles. The maximum Gasteiger partial charge on any atom is 0.0714 e. The zero-order valence-corrected chi connectivity index (χ0v) is 37.0. The van der Waals surface area contributed by atoms with E-state index in [-0.39, 0.29) is 0 Å². The van der Waals surface area contributed by atoms with E-state index in [0.717, 1.165) is 17.1 Å². The van der Waals surface area contributed by atoms with Crippen LogP contribution in [0.25, 0.3) is 38.4 Å².